The number of hydrogen-bond donors (Lipinski definition) is 0. The lowest BCUT2D eigenvalue weighted by molar-refractivity contribution is 1.29. The van der Waals surface area contributed by atoms with Crippen molar-refractivity contribution in [1.29, 1.82) is 0 Å². The van der Waals surface area contributed by atoms with E-state index in [1.54, 1.807) is 0 Å². The molecule has 0 aliphatic heterocycles. The van der Waals surface area contributed by atoms with E-state index in [9.17, 15) is 0 Å². The van der Waals surface area contributed by atoms with Crippen molar-refractivity contribution in [2.24, 2.45) is 0 Å². The Hall–Kier alpha value is -1.04. The maximum Gasteiger partial charge on any atom is -0.0228 e. The van der Waals surface area contributed by atoms with Gasteiger partial charge >= 0.3 is 0 Å². The summed E-state index contributed by atoms with van der Waals surface area (Å²) in [5.41, 5.74) is 5.25. The van der Waals surface area contributed by atoms with Crippen LogP contribution in [0.3, 0.4) is 0 Å². The Kier molecular flexibility index (Phi) is 2.13. The third-order valence-electron chi connectivity index (χ3n) is 2.07. The van der Waals surface area contributed by atoms with Gasteiger partial charge in [0.1, 0.15) is 0 Å². The highest BCUT2D eigenvalue weighted by atomic mass is 14.0. The van der Waals surface area contributed by atoms with Crippen molar-refractivity contribution in [1.82, 2.24) is 0 Å². The molecule has 0 atom stereocenters. The van der Waals surface area contributed by atoms with Gasteiger partial charge in [0.05, 0.1) is 0 Å². The molecule has 0 spiro atoms. The molecule has 0 aliphatic carbocycles. The molecule has 11 heavy (non-hydrogen) atoms. The van der Waals surface area contributed by atoms with Gasteiger partial charge in [-0.15, -0.1) is 0 Å². The lowest BCUT2D eigenvalue weighted by Gasteiger charge is -2.05. The van der Waals surface area contributed by atoms with Gasteiger partial charge in [-0.2, -0.15) is 0 Å². The fourth-order valence-corrected chi connectivity index (χ4v) is 1.28. The highest BCUT2D eigenvalue weighted by molar-refractivity contribution is 5.55. The third kappa shape index (κ3) is 1.51. The molecule has 0 unspecified atom stereocenters. The van der Waals surface area contributed by atoms with E-state index in [0.29, 0.717) is 0 Å². The Labute approximate surface area is 68.6 Å². The third-order valence-corrected chi connectivity index (χ3v) is 2.07. The molecule has 0 fully saturated rings. The van der Waals surface area contributed by atoms with Crippen LogP contribution in [-0.2, 0) is 0 Å². The largest absolute Gasteiger partial charge is 0.0985 e. The molecular formula is C11H14. The minimum atomic E-state index is 1.25. The normalized spacial score (nSPS) is 9.73. The predicted molar refractivity (Wildman–Crippen MR) is 50.7 cm³/mol. The van der Waals surface area contributed by atoms with E-state index >= 15 is 0 Å². The van der Waals surface area contributed by atoms with Crippen molar-refractivity contribution in [3.8, 4) is 0 Å². The van der Waals surface area contributed by atoms with Crippen LogP contribution in [-0.4, -0.2) is 0 Å². The number of benzene rings is 1. The fourth-order valence-electron chi connectivity index (χ4n) is 1.28. The predicted octanol–water partition coefficient (Wildman–Crippen LogP) is 3.25. The van der Waals surface area contributed by atoms with Crippen molar-refractivity contribution in [2.45, 2.75) is 20.8 Å². The van der Waals surface area contributed by atoms with Gasteiger partial charge < -0.3 is 0 Å². The summed E-state index contributed by atoms with van der Waals surface area (Å²) >= 11 is 0. The average molecular weight is 146 g/mol. The van der Waals surface area contributed by atoms with E-state index in [1.165, 1.54) is 22.3 Å². The van der Waals surface area contributed by atoms with Crippen LogP contribution >= 0.6 is 0 Å². The van der Waals surface area contributed by atoms with Gasteiger partial charge in [-0.05, 0) is 37.5 Å². The highest BCUT2D eigenvalue weighted by Gasteiger charge is 1.97. The number of rotatable bonds is 1. The van der Waals surface area contributed by atoms with Gasteiger partial charge in [0.25, 0.3) is 0 Å². The highest BCUT2D eigenvalue weighted by Crippen LogP contribution is 2.16. The summed E-state index contributed by atoms with van der Waals surface area (Å²) in [6.45, 7) is 10.1. The zero-order valence-electron chi connectivity index (χ0n) is 7.44. The van der Waals surface area contributed by atoms with Crippen LogP contribution in [0.4, 0.5) is 0 Å². The lowest BCUT2D eigenvalue weighted by Crippen LogP contribution is -1.87. The zero-order chi connectivity index (χ0) is 8.43. The van der Waals surface area contributed by atoms with Crippen molar-refractivity contribution in [3.05, 3.63) is 41.0 Å². The summed E-state index contributed by atoms with van der Waals surface area (Å²) in [4.78, 5) is 0. The first-order chi connectivity index (χ1) is 5.15. The van der Waals surface area contributed by atoms with Gasteiger partial charge in [0, 0.05) is 0 Å². The van der Waals surface area contributed by atoms with Gasteiger partial charge in [0.2, 0.25) is 0 Å². The molecule has 0 bridgehead atoms. The van der Waals surface area contributed by atoms with Crippen LogP contribution in [0.1, 0.15) is 22.3 Å². The van der Waals surface area contributed by atoms with E-state index in [4.69, 9.17) is 0 Å². The molecule has 0 heterocycles. The molecule has 1 aromatic rings. The van der Waals surface area contributed by atoms with Crippen LogP contribution in [0.25, 0.3) is 6.08 Å². The van der Waals surface area contributed by atoms with Crippen LogP contribution in [0.5, 0.6) is 0 Å². The van der Waals surface area contributed by atoms with Gasteiger partial charge in [-0.25, -0.2) is 0 Å². The number of aryl methyl sites for hydroxylation is 2. The summed E-state index contributed by atoms with van der Waals surface area (Å²) in [6, 6.07) is 4.36. The SMILES string of the molecule is C=Cc1cc(C)cc(C)c1C. The zero-order valence-corrected chi connectivity index (χ0v) is 7.44. The average Bonchev–Trinajstić information content (AvgIpc) is 1.96. The Bertz CT molecular complexity index is 282. The van der Waals surface area contributed by atoms with Crippen LogP contribution in [0.2, 0.25) is 0 Å². The number of hydrogen-bond acceptors (Lipinski definition) is 0. The van der Waals surface area contributed by atoms with E-state index < -0.39 is 0 Å². The van der Waals surface area contributed by atoms with Crippen molar-refractivity contribution in [3.63, 3.8) is 0 Å². The summed E-state index contributed by atoms with van der Waals surface area (Å²) in [5.74, 6) is 0. The molecule has 0 aromatic heterocycles. The van der Waals surface area contributed by atoms with Crippen molar-refractivity contribution >= 4 is 6.08 Å². The monoisotopic (exact) mass is 146 g/mol. The lowest BCUT2D eigenvalue weighted by atomic mass is 10.0. The van der Waals surface area contributed by atoms with E-state index in [0.717, 1.165) is 0 Å². The molecule has 0 aliphatic rings. The molecule has 0 amide bonds. The summed E-state index contributed by atoms with van der Waals surface area (Å²) in [6.07, 6.45) is 1.91. The molecule has 1 aromatic carbocycles. The summed E-state index contributed by atoms with van der Waals surface area (Å²) in [7, 11) is 0. The molecule has 58 valence electrons. The minimum absolute atomic E-state index is 1.25. The van der Waals surface area contributed by atoms with Crippen molar-refractivity contribution in [2.75, 3.05) is 0 Å². The first-order valence-electron chi connectivity index (χ1n) is 3.85. The second kappa shape index (κ2) is 2.91. The summed E-state index contributed by atoms with van der Waals surface area (Å²) in [5, 5.41) is 0. The van der Waals surface area contributed by atoms with Gasteiger partial charge in [-0.3, -0.25) is 0 Å². The molecule has 1 rings (SSSR count). The molecule has 0 N–H and O–H groups in total. The smallest absolute Gasteiger partial charge is 0.0228 e. The second-order valence-electron chi connectivity index (χ2n) is 3.00. The summed E-state index contributed by atoms with van der Waals surface area (Å²) < 4.78 is 0. The van der Waals surface area contributed by atoms with E-state index in [2.05, 4.69) is 39.5 Å². The Balaban J connectivity index is 3.35. The quantitative estimate of drug-likeness (QED) is 0.570. The van der Waals surface area contributed by atoms with Crippen LogP contribution in [0.15, 0.2) is 18.7 Å². The van der Waals surface area contributed by atoms with Crippen LogP contribution in [0, 0.1) is 20.8 Å². The minimum Gasteiger partial charge on any atom is -0.0985 e. The van der Waals surface area contributed by atoms with Crippen molar-refractivity contribution < 1.29 is 0 Å². The van der Waals surface area contributed by atoms with E-state index in [-0.39, 0.29) is 0 Å². The maximum atomic E-state index is 3.77. The Morgan fingerprint density at radius 3 is 2.36 bits per heavy atom. The molecule has 0 nitrogen and oxygen atoms in total. The van der Waals surface area contributed by atoms with Crippen LogP contribution < -0.4 is 0 Å². The first kappa shape index (κ1) is 8.06. The Morgan fingerprint density at radius 2 is 1.82 bits per heavy atom. The second-order valence-corrected chi connectivity index (χ2v) is 3.00. The molecular weight excluding hydrogens is 132 g/mol. The van der Waals surface area contributed by atoms with Gasteiger partial charge in [-0.1, -0.05) is 30.4 Å². The molecule has 0 radical (unpaired) electrons. The maximum absolute atomic E-state index is 3.77. The first-order valence-corrected chi connectivity index (χ1v) is 3.85. The fraction of sp³-hybridized carbons (Fsp3) is 0.273. The van der Waals surface area contributed by atoms with E-state index in [1.807, 2.05) is 6.08 Å². The van der Waals surface area contributed by atoms with Gasteiger partial charge in [0.15, 0.2) is 0 Å². The molecule has 0 heteroatoms. The topological polar surface area (TPSA) is 0 Å². The Morgan fingerprint density at radius 1 is 1.18 bits per heavy atom. The molecule has 0 saturated carbocycles. The standard InChI is InChI=1S/C11H14/c1-5-11-7-8(2)6-9(3)10(11)4/h5-7H,1H2,2-4H3. The molecule has 0 saturated heterocycles.